The normalized spacial score (nSPS) is 16.3. The number of aromatic nitrogens is 2. The van der Waals surface area contributed by atoms with Crippen LogP contribution < -0.4 is 28.3 Å². The van der Waals surface area contributed by atoms with Gasteiger partial charge in [0.25, 0.3) is 5.91 Å². The molecule has 1 aliphatic rings. The van der Waals surface area contributed by atoms with E-state index in [2.05, 4.69) is 25.2 Å². The number of amides is 1. The number of carbonyl (C=O) groups excluding carboxylic acids is 1. The van der Waals surface area contributed by atoms with Gasteiger partial charge in [-0.2, -0.15) is 0 Å². The molecule has 0 saturated carbocycles. The van der Waals surface area contributed by atoms with Gasteiger partial charge in [-0.15, -0.1) is 0 Å². The van der Waals surface area contributed by atoms with E-state index in [1.54, 1.807) is 6.92 Å². The first kappa shape index (κ1) is 21.8. The van der Waals surface area contributed by atoms with Crippen LogP contribution in [-0.4, -0.2) is 59.5 Å². The summed E-state index contributed by atoms with van der Waals surface area (Å²) in [6.45, 7) is 6.25. The molecule has 10 nitrogen and oxygen atoms in total. The van der Waals surface area contributed by atoms with Crippen LogP contribution in [0.3, 0.4) is 0 Å². The molecule has 0 spiro atoms. The number of unbranched alkanes of at least 4 members (excludes halogenated alkanes) is 1. The maximum absolute atomic E-state index is 12.2. The zero-order valence-corrected chi connectivity index (χ0v) is 16.7. The molecule has 28 heavy (non-hydrogen) atoms. The van der Waals surface area contributed by atoms with Gasteiger partial charge in [-0.1, -0.05) is 12.8 Å². The average molecular weight is 392 g/mol. The highest BCUT2D eigenvalue weighted by atomic mass is 16.2. The van der Waals surface area contributed by atoms with E-state index in [1.165, 1.54) is 19.3 Å². The summed E-state index contributed by atoms with van der Waals surface area (Å²) in [6.07, 6.45) is 5.72. The quantitative estimate of drug-likeness (QED) is 0.231. The SMILES string of the molecule is Cc1nc(C(=O)NC(N)=NCCCCC2CCN(CCN)CC2)c(N)nc1N. The van der Waals surface area contributed by atoms with Crippen LogP contribution in [-0.2, 0) is 0 Å². The zero-order valence-electron chi connectivity index (χ0n) is 16.7. The summed E-state index contributed by atoms with van der Waals surface area (Å²) >= 11 is 0. The van der Waals surface area contributed by atoms with Crippen molar-refractivity contribution in [3.8, 4) is 0 Å². The smallest absolute Gasteiger partial charge is 0.280 e. The minimum absolute atomic E-state index is 0.00849. The van der Waals surface area contributed by atoms with Crippen LogP contribution in [0.25, 0.3) is 0 Å². The first-order chi connectivity index (χ1) is 13.4. The molecular weight excluding hydrogens is 358 g/mol. The van der Waals surface area contributed by atoms with Crippen molar-refractivity contribution in [2.45, 2.75) is 39.0 Å². The highest BCUT2D eigenvalue weighted by Gasteiger charge is 2.18. The van der Waals surface area contributed by atoms with Crippen LogP contribution in [0.1, 0.15) is 48.3 Å². The molecule has 2 rings (SSSR count). The Kier molecular flexibility index (Phi) is 8.40. The van der Waals surface area contributed by atoms with Gasteiger partial charge in [0.15, 0.2) is 17.5 Å². The maximum Gasteiger partial charge on any atom is 0.280 e. The summed E-state index contributed by atoms with van der Waals surface area (Å²) in [6, 6.07) is 0. The molecule has 0 unspecified atom stereocenters. The Morgan fingerprint density at radius 2 is 1.93 bits per heavy atom. The molecule has 1 amide bonds. The van der Waals surface area contributed by atoms with Gasteiger partial charge >= 0.3 is 0 Å². The third-order valence-electron chi connectivity index (χ3n) is 5.05. The molecule has 1 fully saturated rings. The van der Waals surface area contributed by atoms with Crippen LogP contribution in [0.5, 0.6) is 0 Å². The molecule has 0 bridgehead atoms. The highest BCUT2D eigenvalue weighted by molar-refractivity contribution is 6.06. The van der Waals surface area contributed by atoms with E-state index in [0.717, 1.165) is 44.9 Å². The van der Waals surface area contributed by atoms with Crippen molar-refractivity contribution >= 4 is 23.5 Å². The largest absolute Gasteiger partial charge is 0.382 e. The van der Waals surface area contributed by atoms with E-state index in [0.29, 0.717) is 12.2 Å². The van der Waals surface area contributed by atoms with Gasteiger partial charge in [-0.3, -0.25) is 15.1 Å². The van der Waals surface area contributed by atoms with Gasteiger partial charge in [0.1, 0.15) is 5.82 Å². The second-order valence-corrected chi connectivity index (χ2v) is 7.22. The van der Waals surface area contributed by atoms with Crippen molar-refractivity contribution in [3.05, 3.63) is 11.4 Å². The summed E-state index contributed by atoms with van der Waals surface area (Å²) in [5.41, 5.74) is 23.1. The van der Waals surface area contributed by atoms with Gasteiger partial charge in [-0.05, 0) is 45.2 Å². The lowest BCUT2D eigenvalue weighted by Crippen LogP contribution is -2.38. The molecule has 9 N–H and O–H groups in total. The van der Waals surface area contributed by atoms with Crippen LogP contribution in [0.2, 0.25) is 0 Å². The topological polar surface area (TPSA) is 175 Å². The van der Waals surface area contributed by atoms with Gasteiger partial charge in [-0.25, -0.2) is 9.97 Å². The predicted molar refractivity (Wildman–Crippen MR) is 112 cm³/mol. The van der Waals surface area contributed by atoms with Gasteiger partial charge in [0.05, 0.1) is 5.69 Å². The average Bonchev–Trinajstić information content (AvgIpc) is 2.66. The Hall–Kier alpha value is -2.46. The molecule has 156 valence electrons. The lowest BCUT2D eigenvalue weighted by molar-refractivity contribution is 0.0972. The Bertz CT molecular complexity index is 684. The number of anilines is 2. The molecule has 0 aromatic carbocycles. The predicted octanol–water partition coefficient (Wildman–Crippen LogP) is -0.165. The summed E-state index contributed by atoms with van der Waals surface area (Å²) in [4.78, 5) is 26.8. The number of nitrogens with two attached hydrogens (primary N) is 4. The van der Waals surface area contributed by atoms with E-state index in [-0.39, 0.29) is 23.3 Å². The number of hydrogen-bond acceptors (Lipinski definition) is 8. The number of likely N-dealkylation sites (tertiary alicyclic amines) is 1. The molecular formula is C18H33N9O. The second kappa shape index (κ2) is 10.8. The van der Waals surface area contributed by atoms with Crippen LogP contribution in [0, 0.1) is 12.8 Å². The van der Waals surface area contributed by atoms with Gasteiger partial charge in [0.2, 0.25) is 0 Å². The molecule has 1 saturated heterocycles. The molecule has 10 heteroatoms. The molecule has 0 aliphatic carbocycles. The van der Waals surface area contributed by atoms with Crippen molar-refractivity contribution < 1.29 is 4.79 Å². The third kappa shape index (κ3) is 6.61. The van der Waals surface area contributed by atoms with E-state index >= 15 is 0 Å². The summed E-state index contributed by atoms with van der Waals surface area (Å²) in [7, 11) is 0. The number of guanidine groups is 1. The van der Waals surface area contributed by atoms with Crippen molar-refractivity contribution in [2.24, 2.45) is 22.4 Å². The first-order valence-electron chi connectivity index (χ1n) is 9.84. The number of nitrogens with one attached hydrogen (secondary N) is 1. The number of aliphatic imine (C=N–C) groups is 1. The number of nitrogen functional groups attached to an aromatic ring is 2. The summed E-state index contributed by atoms with van der Waals surface area (Å²) in [5.74, 6) is 0.450. The Morgan fingerprint density at radius 1 is 1.21 bits per heavy atom. The monoisotopic (exact) mass is 391 g/mol. The Morgan fingerprint density at radius 3 is 2.61 bits per heavy atom. The highest BCUT2D eigenvalue weighted by Crippen LogP contribution is 2.22. The maximum atomic E-state index is 12.2. The number of nitrogens with zero attached hydrogens (tertiary/aromatic N) is 4. The number of rotatable bonds is 8. The van der Waals surface area contributed by atoms with Crippen molar-refractivity contribution in [1.82, 2.24) is 20.2 Å². The zero-order chi connectivity index (χ0) is 20.5. The van der Waals surface area contributed by atoms with Crippen LogP contribution in [0.4, 0.5) is 11.6 Å². The van der Waals surface area contributed by atoms with Crippen molar-refractivity contribution in [3.63, 3.8) is 0 Å². The second-order valence-electron chi connectivity index (χ2n) is 7.22. The molecule has 0 atom stereocenters. The van der Waals surface area contributed by atoms with Crippen LogP contribution >= 0.6 is 0 Å². The third-order valence-corrected chi connectivity index (χ3v) is 5.05. The fourth-order valence-corrected chi connectivity index (χ4v) is 3.35. The summed E-state index contributed by atoms with van der Waals surface area (Å²) in [5, 5.41) is 2.49. The lowest BCUT2D eigenvalue weighted by atomic mass is 9.91. The standard InChI is InChI=1S/C18H33N9O/c1-12-15(20)25-16(21)14(24-12)17(28)26-18(22)23-8-3-2-4-13-5-9-27(10-6-13)11-7-19/h13H,2-11,19H2,1H3,(H4,20,21,25)(H3,22,23,26,28). The minimum atomic E-state index is -0.543. The number of piperidine rings is 1. The Labute approximate surface area is 166 Å². The van der Waals surface area contributed by atoms with E-state index in [1.807, 2.05) is 0 Å². The lowest BCUT2D eigenvalue weighted by Gasteiger charge is -2.31. The molecule has 0 radical (unpaired) electrons. The van der Waals surface area contributed by atoms with Gasteiger partial charge < -0.3 is 27.8 Å². The minimum Gasteiger partial charge on any atom is -0.382 e. The fourth-order valence-electron chi connectivity index (χ4n) is 3.35. The van der Waals surface area contributed by atoms with E-state index < -0.39 is 5.91 Å². The molecule has 1 aromatic heterocycles. The first-order valence-corrected chi connectivity index (χ1v) is 9.84. The number of carbonyl (C=O) groups is 1. The van der Waals surface area contributed by atoms with Gasteiger partial charge in [0, 0.05) is 19.6 Å². The van der Waals surface area contributed by atoms with Crippen molar-refractivity contribution in [2.75, 3.05) is 44.2 Å². The Balaban J connectivity index is 1.68. The number of aryl methyl sites for hydroxylation is 1. The van der Waals surface area contributed by atoms with E-state index in [9.17, 15) is 4.79 Å². The van der Waals surface area contributed by atoms with E-state index in [4.69, 9.17) is 22.9 Å². The molecule has 1 aromatic rings. The molecule has 2 heterocycles. The number of hydrogen-bond donors (Lipinski definition) is 5. The summed E-state index contributed by atoms with van der Waals surface area (Å²) < 4.78 is 0. The fraction of sp³-hybridized carbons (Fsp3) is 0.667. The van der Waals surface area contributed by atoms with Crippen molar-refractivity contribution in [1.29, 1.82) is 0 Å². The van der Waals surface area contributed by atoms with Crippen LogP contribution in [0.15, 0.2) is 4.99 Å². The molecule has 1 aliphatic heterocycles.